The molecule has 3 aromatic carbocycles. The van der Waals surface area contributed by atoms with Gasteiger partial charge in [0.15, 0.2) is 0 Å². The molecule has 0 atom stereocenters. The van der Waals surface area contributed by atoms with Gasteiger partial charge in [-0.05, 0) is 79.5 Å². The summed E-state index contributed by atoms with van der Waals surface area (Å²) in [4.78, 5) is 17.0. The summed E-state index contributed by atoms with van der Waals surface area (Å²) < 4.78 is 8.60. The van der Waals surface area contributed by atoms with Crippen LogP contribution in [0.2, 0.25) is 0 Å². The topological polar surface area (TPSA) is 56.1 Å². The van der Waals surface area contributed by atoms with Crippen molar-refractivity contribution < 1.29 is 9.53 Å². The van der Waals surface area contributed by atoms with Gasteiger partial charge in [-0.1, -0.05) is 74.9 Å². The number of para-hydroxylation sites is 2. The van der Waals surface area contributed by atoms with Gasteiger partial charge >= 0.3 is 0 Å². The number of carbonyl (C=O) groups is 1. The number of rotatable bonds is 15. The van der Waals surface area contributed by atoms with E-state index in [-0.39, 0.29) is 5.91 Å². The van der Waals surface area contributed by atoms with E-state index < -0.39 is 0 Å². The Morgan fingerprint density at radius 2 is 1.75 bits per heavy atom. The Morgan fingerprint density at radius 3 is 2.58 bits per heavy atom. The van der Waals surface area contributed by atoms with Crippen molar-refractivity contribution in [2.24, 2.45) is 0 Å². The van der Waals surface area contributed by atoms with E-state index in [1.54, 1.807) is 6.08 Å². The molecule has 1 amide bonds. The average Bonchev–Trinajstić information content (AvgIpc) is 3.31. The van der Waals surface area contributed by atoms with Crippen LogP contribution < -0.4 is 10.1 Å². The van der Waals surface area contributed by atoms with Crippen LogP contribution in [0, 0.1) is 6.92 Å². The molecule has 4 rings (SSSR count). The van der Waals surface area contributed by atoms with Crippen LogP contribution in [0.4, 0.5) is 0 Å². The molecule has 0 fully saturated rings. The highest BCUT2D eigenvalue weighted by Gasteiger charge is 2.11. The molecule has 5 heteroatoms. The minimum absolute atomic E-state index is 0.0440. The summed E-state index contributed by atoms with van der Waals surface area (Å²) in [6.07, 6.45) is 9.48. The smallest absolute Gasteiger partial charge is 0.243 e. The second-order valence-corrected chi connectivity index (χ2v) is 10.8. The molecule has 0 aliphatic heterocycles. The van der Waals surface area contributed by atoms with Gasteiger partial charge in [0.2, 0.25) is 5.91 Å². The van der Waals surface area contributed by atoms with Gasteiger partial charge in [-0.15, -0.1) is 0 Å². The Kier molecular flexibility index (Phi) is 11.0. The van der Waals surface area contributed by atoms with Crippen molar-refractivity contribution in [2.75, 3.05) is 13.2 Å². The Balaban J connectivity index is 1.21. The first-order valence-corrected chi connectivity index (χ1v) is 14.7. The quantitative estimate of drug-likeness (QED) is 0.124. The molecule has 0 saturated carbocycles. The lowest BCUT2D eigenvalue weighted by Crippen LogP contribution is -2.22. The van der Waals surface area contributed by atoms with Crippen LogP contribution in [0.1, 0.15) is 74.4 Å². The van der Waals surface area contributed by atoms with E-state index >= 15 is 0 Å². The highest BCUT2D eigenvalue weighted by molar-refractivity contribution is 5.91. The number of nitrogens with one attached hydrogen (secondary N) is 1. The normalized spacial score (nSPS) is 11.5. The Labute approximate surface area is 239 Å². The van der Waals surface area contributed by atoms with Crippen molar-refractivity contribution in [3.05, 3.63) is 101 Å². The fourth-order valence-electron chi connectivity index (χ4n) is 4.95. The van der Waals surface area contributed by atoms with Gasteiger partial charge in [-0.3, -0.25) is 4.79 Å². The summed E-state index contributed by atoms with van der Waals surface area (Å²) in [6, 6.07) is 24.8. The molecule has 0 aliphatic rings. The standard InChI is InChI=1S/C35H43N3O2/c1-27(2)30-21-19-28(3)26-33(30)40-25-13-12-24-38-32-17-10-9-16-31(32)37-34(38)18-8-5-11-23-36-35(39)22-20-29-14-6-4-7-15-29/h4,6-7,9-10,14-17,19-22,26-27H,5,8,11-13,18,23-25H2,1-3H3,(H,36,39)/b22-20+. The number of imidazole rings is 1. The minimum atomic E-state index is -0.0440. The first kappa shape index (κ1) is 29.1. The monoisotopic (exact) mass is 537 g/mol. The van der Waals surface area contributed by atoms with Gasteiger partial charge in [0.05, 0.1) is 17.6 Å². The number of hydrogen-bond donors (Lipinski definition) is 1. The van der Waals surface area contributed by atoms with Gasteiger partial charge in [-0.25, -0.2) is 4.98 Å². The maximum absolute atomic E-state index is 12.1. The maximum atomic E-state index is 12.1. The van der Waals surface area contributed by atoms with Gasteiger partial charge in [0.25, 0.3) is 0 Å². The predicted molar refractivity (Wildman–Crippen MR) is 166 cm³/mol. The highest BCUT2D eigenvalue weighted by Crippen LogP contribution is 2.27. The first-order chi connectivity index (χ1) is 19.5. The molecule has 4 aromatic rings. The third-order valence-electron chi connectivity index (χ3n) is 7.16. The van der Waals surface area contributed by atoms with Gasteiger partial charge in [0, 0.05) is 25.6 Å². The molecule has 1 N–H and O–H groups in total. The van der Waals surface area contributed by atoms with E-state index in [0.29, 0.717) is 12.5 Å². The number of benzene rings is 3. The number of aryl methyl sites for hydroxylation is 3. The van der Waals surface area contributed by atoms with Gasteiger partial charge in [0.1, 0.15) is 11.6 Å². The van der Waals surface area contributed by atoms with Crippen LogP contribution in [-0.4, -0.2) is 28.6 Å². The molecule has 0 saturated heterocycles. The summed E-state index contributed by atoms with van der Waals surface area (Å²) in [6.45, 7) is 8.88. The fraction of sp³-hybridized carbons (Fsp3) is 0.371. The fourth-order valence-corrected chi connectivity index (χ4v) is 4.95. The number of ether oxygens (including phenoxy) is 1. The van der Waals surface area contributed by atoms with Crippen LogP contribution in [0.25, 0.3) is 17.1 Å². The number of unbranched alkanes of at least 4 members (excludes halogenated alkanes) is 3. The van der Waals surface area contributed by atoms with Crippen LogP contribution >= 0.6 is 0 Å². The summed E-state index contributed by atoms with van der Waals surface area (Å²) in [5.41, 5.74) is 5.80. The number of hydrogen-bond acceptors (Lipinski definition) is 3. The number of fused-ring (bicyclic) bond motifs is 1. The summed E-state index contributed by atoms with van der Waals surface area (Å²) in [5, 5.41) is 2.99. The third kappa shape index (κ3) is 8.57. The second kappa shape index (κ2) is 15.1. The van der Waals surface area contributed by atoms with Crippen molar-refractivity contribution in [2.45, 2.75) is 71.8 Å². The molecule has 0 unspecified atom stereocenters. The summed E-state index contributed by atoms with van der Waals surface area (Å²) in [5.74, 6) is 2.57. The molecule has 5 nitrogen and oxygen atoms in total. The molecule has 0 aliphatic carbocycles. The van der Waals surface area contributed by atoms with E-state index in [1.165, 1.54) is 16.6 Å². The lowest BCUT2D eigenvalue weighted by molar-refractivity contribution is -0.116. The minimum Gasteiger partial charge on any atom is -0.493 e. The number of aromatic nitrogens is 2. The van der Waals surface area contributed by atoms with Crippen molar-refractivity contribution >= 4 is 23.0 Å². The van der Waals surface area contributed by atoms with Crippen LogP contribution in [0.3, 0.4) is 0 Å². The lowest BCUT2D eigenvalue weighted by atomic mass is 10.0. The number of carbonyl (C=O) groups excluding carboxylic acids is 1. The molecule has 40 heavy (non-hydrogen) atoms. The van der Waals surface area contributed by atoms with E-state index in [2.05, 4.69) is 73.1 Å². The molecular weight excluding hydrogens is 494 g/mol. The molecule has 1 aromatic heterocycles. The Morgan fingerprint density at radius 1 is 0.950 bits per heavy atom. The molecule has 0 spiro atoms. The number of nitrogens with zero attached hydrogens (tertiary/aromatic N) is 2. The van der Waals surface area contributed by atoms with Crippen molar-refractivity contribution in [1.82, 2.24) is 14.9 Å². The van der Waals surface area contributed by atoms with Crippen LogP contribution in [0.5, 0.6) is 5.75 Å². The maximum Gasteiger partial charge on any atom is 0.243 e. The second-order valence-electron chi connectivity index (χ2n) is 10.8. The number of amides is 1. The van der Waals surface area contributed by atoms with E-state index in [1.807, 2.05) is 36.4 Å². The molecule has 210 valence electrons. The van der Waals surface area contributed by atoms with E-state index in [9.17, 15) is 4.79 Å². The van der Waals surface area contributed by atoms with Crippen LogP contribution in [0.15, 0.2) is 78.9 Å². The lowest BCUT2D eigenvalue weighted by Gasteiger charge is -2.15. The SMILES string of the molecule is Cc1ccc(C(C)C)c(OCCCCn2c(CCCCCNC(=O)/C=C/c3ccccc3)nc3ccccc32)c1. The first-order valence-electron chi connectivity index (χ1n) is 14.7. The third-order valence-corrected chi connectivity index (χ3v) is 7.16. The molecule has 0 radical (unpaired) electrons. The average molecular weight is 538 g/mol. The predicted octanol–water partition coefficient (Wildman–Crippen LogP) is 7.87. The van der Waals surface area contributed by atoms with Crippen molar-refractivity contribution in [3.8, 4) is 5.75 Å². The molecule has 1 heterocycles. The Hall–Kier alpha value is -3.86. The molecule has 0 bridgehead atoms. The van der Waals surface area contributed by atoms with Crippen molar-refractivity contribution in [1.29, 1.82) is 0 Å². The van der Waals surface area contributed by atoms with E-state index in [4.69, 9.17) is 9.72 Å². The van der Waals surface area contributed by atoms with E-state index in [0.717, 1.165) is 74.3 Å². The summed E-state index contributed by atoms with van der Waals surface area (Å²) in [7, 11) is 0. The Bertz CT molecular complexity index is 1390. The van der Waals surface area contributed by atoms with Crippen molar-refractivity contribution in [3.63, 3.8) is 0 Å². The largest absolute Gasteiger partial charge is 0.493 e. The summed E-state index contributed by atoms with van der Waals surface area (Å²) >= 11 is 0. The van der Waals surface area contributed by atoms with Gasteiger partial charge in [-0.2, -0.15) is 0 Å². The van der Waals surface area contributed by atoms with Crippen LogP contribution in [-0.2, 0) is 17.8 Å². The highest BCUT2D eigenvalue weighted by atomic mass is 16.5. The van der Waals surface area contributed by atoms with Gasteiger partial charge < -0.3 is 14.6 Å². The zero-order valence-corrected chi connectivity index (χ0v) is 24.2. The molecular formula is C35H43N3O2. The zero-order valence-electron chi connectivity index (χ0n) is 24.2. The zero-order chi connectivity index (χ0) is 28.2.